The van der Waals surface area contributed by atoms with Crippen LogP contribution in [-0.2, 0) is 14.8 Å². The molecule has 7 heteroatoms. The summed E-state index contributed by atoms with van der Waals surface area (Å²) in [6.45, 7) is 7.39. The highest BCUT2D eigenvalue weighted by atomic mass is 32.2. The van der Waals surface area contributed by atoms with Gasteiger partial charge < -0.3 is 10.1 Å². The fourth-order valence-electron chi connectivity index (χ4n) is 3.93. The van der Waals surface area contributed by atoms with Crippen molar-refractivity contribution in [3.8, 4) is 5.75 Å². The number of aryl methyl sites for hydroxylation is 2. The van der Waals surface area contributed by atoms with E-state index in [1.54, 1.807) is 49.6 Å². The van der Waals surface area contributed by atoms with Gasteiger partial charge in [-0.25, -0.2) is 8.42 Å². The maximum absolute atomic E-state index is 13.6. The van der Waals surface area contributed by atoms with E-state index in [1.165, 1.54) is 4.31 Å². The maximum Gasteiger partial charge on any atom is 0.264 e. The van der Waals surface area contributed by atoms with Gasteiger partial charge in [-0.3, -0.25) is 9.10 Å². The molecule has 0 heterocycles. The molecule has 0 aromatic heterocycles. The average molecular weight is 481 g/mol. The van der Waals surface area contributed by atoms with Crippen LogP contribution in [0.15, 0.2) is 71.6 Å². The first-order valence-electron chi connectivity index (χ1n) is 11.3. The summed E-state index contributed by atoms with van der Waals surface area (Å²) in [5.74, 6) is 0.403. The number of carbonyl (C=O) groups excluding carboxylic acids is 1. The lowest BCUT2D eigenvalue weighted by atomic mass is 10.0. The molecule has 3 rings (SSSR count). The highest BCUT2D eigenvalue weighted by Gasteiger charge is 2.29. The van der Waals surface area contributed by atoms with Crippen molar-refractivity contribution in [2.45, 2.75) is 45.1 Å². The van der Waals surface area contributed by atoms with Gasteiger partial charge in [0.1, 0.15) is 12.3 Å². The summed E-state index contributed by atoms with van der Waals surface area (Å²) in [5, 5.41) is 3.02. The number of hydrogen-bond donors (Lipinski definition) is 1. The number of rotatable bonds is 9. The van der Waals surface area contributed by atoms with Crippen LogP contribution in [0, 0.1) is 20.8 Å². The molecule has 0 aliphatic rings. The lowest BCUT2D eigenvalue weighted by Crippen LogP contribution is -2.42. The Morgan fingerprint density at radius 3 is 2.29 bits per heavy atom. The predicted molar refractivity (Wildman–Crippen MR) is 136 cm³/mol. The fourth-order valence-corrected chi connectivity index (χ4v) is 5.43. The third kappa shape index (κ3) is 5.42. The molecule has 0 saturated carbocycles. The van der Waals surface area contributed by atoms with Crippen LogP contribution in [0.1, 0.15) is 41.6 Å². The molecule has 0 radical (unpaired) electrons. The van der Waals surface area contributed by atoms with Crippen LogP contribution < -0.4 is 14.4 Å². The van der Waals surface area contributed by atoms with Crippen LogP contribution >= 0.6 is 0 Å². The van der Waals surface area contributed by atoms with E-state index in [0.29, 0.717) is 12.1 Å². The molecule has 6 nitrogen and oxygen atoms in total. The summed E-state index contributed by atoms with van der Waals surface area (Å²) in [7, 11) is -2.33. The van der Waals surface area contributed by atoms with Gasteiger partial charge in [-0.1, -0.05) is 49.4 Å². The van der Waals surface area contributed by atoms with Crippen LogP contribution in [0.3, 0.4) is 0 Å². The van der Waals surface area contributed by atoms with Gasteiger partial charge in [0.15, 0.2) is 0 Å². The Balaban J connectivity index is 1.94. The number of nitrogens with one attached hydrogen (secondary N) is 1. The molecule has 0 aliphatic heterocycles. The highest BCUT2D eigenvalue weighted by molar-refractivity contribution is 7.92. The van der Waals surface area contributed by atoms with Crippen molar-refractivity contribution < 1.29 is 17.9 Å². The summed E-state index contributed by atoms with van der Waals surface area (Å²) >= 11 is 0. The van der Waals surface area contributed by atoms with Gasteiger partial charge in [0.05, 0.1) is 23.7 Å². The first kappa shape index (κ1) is 25.3. The van der Waals surface area contributed by atoms with Gasteiger partial charge in [0, 0.05) is 0 Å². The standard InChI is InChI=1S/C27H32N2O4S/c1-6-24(22-15-16-26(33-5)20(3)17-22)28-27(30)18-29(25-14-10-11-19(2)21(25)4)34(31,32)23-12-8-7-9-13-23/h7-17,24H,6,18H2,1-5H3,(H,28,30)/t24-/m1/s1. The maximum atomic E-state index is 13.6. The minimum Gasteiger partial charge on any atom is -0.496 e. The zero-order chi connectivity index (χ0) is 24.9. The monoisotopic (exact) mass is 480 g/mol. The van der Waals surface area contributed by atoms with E-state index in [0.717, 1.165) is 28.0 Å². The number of hydrogen-bond acceptors (Lipinski definition) is 4. The lowest BCUT2D eigenvalue weighted by molar-refractivity contribution is -0.120. The second kappa shape index (κ2) is 10.7. The van der Waals surface area contributed by atoms with Gasteiger partial charge in [-0.15, -0.1) is 0 Å². The van der Waals surface area contributed by atoms with Gasteiger partial charge in [-0.05, 0) is 73.7 Å². The third-order valence-corrected chi connectivity index (χ3v) is 7.80. The molecule has 34 heavy (non-hydrogen) atoms. The molecule has 0 bridgehead atoms. The average Bonchev–Trinajstić information content (AvgIpc) is 2.83. The van der Waals surface area contributed by atoms with Crippen LogP contribution in [0.5, 0.6) is 5.75 Å². The second-order valence-electron chi connectivity index (χ2n) is 8.30. The summed E-state index contributed by atoms with van der Waals surface area (Å²) in [5.41, 5.74) is 4.17. The molecule has 0 spiro atoms. The van der Waals surface area contributed by atoms with Crippen LogP contribution in [0.2, 0.25) is 0 Å². The van der Waals surface area contributed by atoms with Crippen molar-refractivity contribution in [3.05, 3.63) is 89.0 Å². The smallest absolute Gasteiger partial charge is 0.264 e. The summed E-state index contributed by atoms with van der Waals surface area (Å²) in [6.07, 6.45) is 0.659. The molecule has 0 unspecified atom stereocenters. The Morgan fingerprint density at radius 1 is 0.971 bits per heavy atom. The van der Waals surface area contributed by atoms with Gasteiger partial charge in [0.2, 0.25) is 5.91 Å². The Morgan fingerprint density at radius 2 is 1.68 bits per heavy atom. The highest BCUT2D eigenvalue weighted by Crippen LogP contribution is 2.29. The largest absolute Gasteiger partial charge is 0.496 e. The normalized spacial score (nSPS) is 12.1. The predicted octanol–water partition coefficient (Wildman–Crippen LogP) is 5.08. The Bertz CT molecular complexity index is 1260. The Hall–Kier alpha value is -3.32. The fraction of sp³-hybridized carbons (Fsp3) is 0.296. The Kier molecular flexibility index (Phi) is 7.99. The number of sulfonamides is 1. The lowest BCUT2D eigenvalue weighted by Gasteiger charge is -2.27. The molecule has 3 aromatic rings. The second-order valence-corrected chi connectivity index (χ2v) is 10.2. The number of methoxy groups -OCH3 is 1. The summed E-state index contributed by atoms with van der Waals surface area (Å²) in [6, 6.07) is 19.2. The quantitative estimate of drug-likeness (QED) is 0.463. The molecule has 0 saturated heterocycles. The first-order chi connectivity index (χ1) is 16.2. The number of benzene rings is 3. The van der Waals surface area contributed by atoms with Crippen molar-refractivity contribution in [1.29, 1.82) is 0 Å². The number of carbonyl (C=O) groups is 1. The van der Waals surface area contributed by atoms with Crippen molar-refractivity contribution in [2.75, 3.05) is 18.0 Å². The molecule has 3 aromatic carbocycles. The minimum atomic E-state index is -3.96. The molecule has 1 amide bonds. The zero-order valence-corrected chi connectivity index (χ0v) is 21.1. The van der Waals surface area contributed by atoms with Gasteiger partial charge in [-0.2, -0.15) is 0 Å². The SMILES string of the molecule is CC[C@@H](NC(=O)CN(c1cccc(C)c1C)S(=O)(=O)c1ccccc1)c1ccc(OC)c(C)c1. The summed E-state index contributed by atoms with van der Waals surface area (Å²) < 4.78 is 33.7. The van der Waals surface area contributed by atoms with E-state index in [1.807, 2.05) is 52.0 Å². The van der Waals surface area contributed by atoms with Crippen molar-refractivity contribution in [1.82, 2.24) is 5.32 Å². The molecule has 1 atom stereocenters. The van der Waals surface area contributed by atoms with E-state index in [2.05, 4.69) is 5.32 Å². The van der Waals surface area contributed by atoms with E-state index in [4.69, 9.17) is 4.74 Å². The topological polar surface area (TPSA) is 75.7 Å². The molecule has 180 valence electrons. The molecule has 1 N–H and O–H groups in total. The van der Waals surface area contributed by atoms with Crippen molar-refractivity contribution in [3.63, 3.8) is 0 Å². The van der Waals surface area contributed by atoms with Gasteiger partial charge in [0.25, 0.3) is 10.0 Å². The van der Waals surface area contributed by atoms with Gasteiger partial charge >= 0.3 is 0 Å². The minimum absolute atomic E-state index is 0.140. The molecule has 0 fully saturated rings. The van der Waals surface area contributed by atoms with Crippen LogP contribution in [0.4, 0.5) is 5.69 Å². The van der Waals surface area contributed by atoms with E-state index in [-0.39, 0.29) is 23.4 Å². The van der Waals surface area contributed by atoms with E-state index < -0.39 is 10.0 Å². The van der Waals surface area contributed by atoms with E-state index >= 15 is 0 Å². The number of amides is 1. The number of ether oxygens (including phenoxy) is 1. The summed E-state index contributed by atoms with van der Waals surface area (Å²) in [4.78, 5) is 13.4. The van der Waals surface area contributed by atoms with Crippen molar-refractivity contribution >= 4 is 21.6 Å². The first-order valence-corrected chi connectivity index (χ1v) is 12.7. The van der Waals surface area contributed by atoms with E-state index in [9.17, 15) is 13.2 Å². The third-order valence-electron chi connectivity index (χ3n) is 6.03. The zero-order valence-electron chi connectivity index (χ0n) is 20.3. The number of anilines is 1. The van der Waals surface area contributed by atoms with Crippen LogP contribution in [0.25, 0.3) is 0 Å². The molecular weight excluding hydrogens is 448 g/mol. The van der Waals surface area contributed by atoms with Crippen LogP contribution in [-0.4, -0.2) is 28.0 Å². The van der Waals surface area contributed by atoms with Crippen molar-refractivity contribution in [2.24, 2.45) is 0 Å². The number of nitrogens with zero attached hydrogens (tertiary/aromatic N) is 1. The molecular formula is C27H32N2O4S. The Labute approximate surface area is 202 Å². The molecule has 0 aliphatic carbocycles.